The Kier molecular flexibility index (Phi) is 6.62. The molecular formula is C13H15ClO3S2. The van der Waals surface area contributed by atoms with Gasteiger partial charge in [0.25, 0.3) is 0 Å². The third kappa shape index (κ3) is 4.37. The fourth-order valence-corrected chi connectivity index (χ4v) is 3.56. The van der Waals surface area contributed by atoms with Gasteiger partial charge in [-0.15, -0.1) is 11.8 Å². The molecule has 0 aliphatic carbocycles. The largest absolute Gasteiger partial charge is 0.488 e. The number of halogens is 1. The summed E-state index contributed by atoms with van der Waals surface area (Å²) in [6.45, 7) is 3.89. The summed E-state index contributed by atoms with van der Waals surface area (Å²) in [5, 5.41) is 0.356. The van der Waals surface area contributed by atoms with Crippen molar-refractivity contribution in [2.45, 2.75) is 4.58 Å². The molecule has 0 radical (unpaired) electrons. The number of ketones is 1. The smallest absolute Gasteiger partial charge is 0.188 e. The Morgan fingerprint density at radius 3 is 2.79 bits per heavy atom. The summed E-state index contributed by atoms with van der Waals surface area (Å²) in [6, 6.07) is 4.80. The van der Waals surface area contributed by atoms with Crippen LogP contribution in [0.25, 0.3) is 0 Å². The molecule has 19 heavy (non-hydrogen) atoms. The van der Waals surface area contributed by atoms with E-state index < -0.39 is 15.4 Å². The first-order chi connectivity index (χ1) is 9.01. The molecule has 0 spiro atoms. The van der Waals surface area contributed by atoms with Crippen LogP contribution in [0.15, 0.2) is 30.9 Å². The lowest BCUT2D eigenvalue weighted by Crippen LogP contribution is -2.21. The van der Waals surface area contributed by atoms with Crippen LogP contribution in [0.4, 0.5) is 0 Å². The second kappa shape index (κ2) is 7.72. The molecule has 104 valence electrons. The lowest BCUT2D eigenvalue weighted by Gasteiger charge is -2.12. The molecule has 0 amide bonds. The Labute approximate surface area is 124 Å². The van der Waals surface area contributed by atoms with Crippen molar-refractivity contribution in [2.24, 2.45) is 0 Å². The molecule has 3 nitrogen and oxygen atoms in total. The van der Waals surface area contributed by atoms with Crippen LogP contribution >= 0.6 is 23.4 Å². The van der Waals surface area contributed by atoms with Crippen LogP contribution in [0.2, 0.25) is 5.02 Å². The summed E-state index contributed by atoms with van der Waals surface area (Å²) >= 11 is 7.31. The molecule has 0 heterocycles. The lowest BCUT2D eigenvalue weighted by molar-refractivity contribution is 0.101. The van der Waals surface area contributed by atoms with Crippen molar-refractivity contribution in [3.63, 3.8) is 0 Å². The molecule has 0 bridgehead atoms. The van der Waals surface area contributed by atoms with Gasteiger partial charge < -0.3 is 4.74 Å². The van der Waals surface area contributed by atoms with Crippen LogP contribution in [0.3, 0.4) is 0 Å². The van der Waals surface area contributed by atoms with E-state index in [1.54, 1.807) is 30.5 Å². The molecule has 0 N–H and O–H groups in total. The highest BCUT2D eigenvalue weighted by molar-refractivity contribution is 8.11. The first-order valence-electron chi connectivity index (χ1n) is 5.43. The van der Waals surface area contributed by atoms with Crippen molar-refractivity contribution < 1.29 is 13.7 Å². The summed E-state index contributed by atoms with van der Waals surface area (Å²) in [7, 11) is -1.22. The third-order valence-corrected chi connectivity index (χ3v) is 5.45. The van der Waals surface area contributed by atoms with E-state index in [0.29, 0.717) is 22.9 Å². The minimum Gasteiger partial charge on any atom is -0.488 e. The summed E-state index contributed by atoms with van der Waals surface area (Å²) in [6.07, 6.45) is 4.88. The number of hydrogen-bond donors (Lipinski definition) is 0. The number of hydrogen-bond acceptors (Lipinski definition) is 4. The second-order valence-corrected chi connectivity index (χ2v) is 6.79. The Morgan fingerprint density at radius 1 is 1.63 bits per heavy atom. The predicted octanol–water partition coefficient (Wildman–Crippen LogP) is 3.16. The zero-order chi connectivity index (χ0) is 14.4. The molecule has 0 saturated heterocycles. The van der Waals surface area contributed by atoms with Crippen molar-refractivity contribution in [2.75, 3.05) is 19.1 Å². The molecule has 1 aromatic carbocycles. The van der Waals surface area contributed by atoms with Crippen LogP contribution in [-0.4, -0.2) is 33.7 Å². The molecule has 2 unspecified atom stereocenters. The van der Waals surface area contributed by atoms with Gasteiger partial charge in [-0.2, -0.15) is 0 Å². The number of rotatable bonds is 7. The molecule has 0 aliphatic rings. The van der Waals surface area contributed by atoms with Crippen molar-refractivity contribution in [1.82, 2.24) is 0 Å². The van der Waals surface area contributed by atoms with Crippen LogP contribution in [0.5, 0.6) is 5.75 Å². The lowest BCUT2D eigenvalue weighted by atomic mass is 10.1. The number of carbonyl (C=O) groups excluding carboxylic acids is 1. The van der Waals surface area contributed by atoms with Gasteiger partial charge in [-0.3, -0.25) is 9.00 Å². The van der Waals surface area contributed by atoms with Crippen LogP contribution < -0.4 is 4.74 Å². The SMILES string of the molecule is C=CCOc1ccc(C(=O)C(SC)S(C)=O)cc1Cl. The second-order valence-electron chi connectivity index (χ2n) is 3.68. The maximum atomic E-state index is 12.2. The van der Waals surface area contributed by atoms with Crippen LogP contribution in [0.1, 0.15) is 10.4 Å². The first-order valence-corrected chi connectivity index (χ1v) is 8.72. The van der Waals surface area contributed by atoms with Crippen molar-refractivity contribution >= 4 is 39.9 Å². The van der Waals surface area contributed by atoms with Crippen LogP contribution in [0, 0.1) is 0 Å². The molecule has 2 atom stereocenters. The maximum absolute atomic E-state index is 12.2. The van der Waals surface area contributed by atoms with E-state index >= 15 is 0 Å². The van der Waals surface area contributed by atoms with E-state index in [0.717, 1.165) is 0 Å². The fraction of sp³-hybridized carbons (Fsp3) is 0.308. The average molecular weight is 319 g/mol. The van der Waals surface area contributed by atoms with E-state index in [9.17, 15) is 9.00 Å². The summed E-state index contributed by atoms with van der Waals surface area (Å²) in [4.78, 5) is 12.2. The average Bonchev–Trinajstić information content (AvgIpc) is 2.37. The first kappa shape index (κ1) is 16.3. The van der Waals surface area contributed by atoms with Gasteiger partial charge in [-0.25, -0.2) is 0 Å². The molecule has 0 aliphatic heterocycles. The number of ether oxygens (including phenoxy) is 1. The Bertz CT molecular complexity index is 503. The molecule has 1 rings (SSSR count). The van der Waals surface area contributed by atoms with Crippen molar-refractivity contribution in [1.29, 1.82) is 0 Å². The molecule has 1 aromatic rings. The van der Waals surface area contributed by atoms with Crippen molar-refractivity contribution in [3.8, 4) is 5.75 Å². The van der Waals surface area contributed by atoms with E-state index in [4.69, 9.17) is 16.3 Å². The molecule has 0 saturated carbocycles. The van der Waals surface area contributed by atoms with E-state index in [2.05, 4.69) is 6.58 Å². The van der Waals surface area contributed by atoms with Gasteiger partial charge >= 0.3 is 0 Å². The van der Waals surface area contributed by atoms with Gasteiger partial charge in [0, 0.05) is 22.6 Å². The Balaban J connectivity index is 2.96. The van der Waals surface area contributed by atoms with Crippen LogP contribution in [-0.2, 0) is 10.8 Å². The molecular weight excluding hydrogens is 304 g/mol. The fourth-order valence-electron chi connectivity index (χ4n) is 1.45. The standard InChI is InChI=1S/C13H15ClO3S2/c1-4-7-17-11-6-5-9(8-10(11)14)12(15)13(18-2)19(3)16/h4-6,8,13H,1,7H2,2-3H3. The number of thioether (sulfide) groups is 1. The van der Waals surface area contributed by atoms with Gasteiger partial charge in [0.1, 0.15) is 16.9 Å². The summed E-state index contributed by atoms with van der Waals surface area (Å²) < 4.78 is 16.2. The predicted molar refractivity (Wildman–Crippen MR) is 82.8 cm³/mol. The van der Waals surface area contributed by atoms with Gasteiger partial charge in [-0.1, -0.05) is 24.3 Å². The minimum atomic E-state index is -1.22. The number of Topliss-reactive ketones (excluding diaryl/α,β-unsaturated/α-hetero) is 1. The molecule has 0 fully saturated rings. The monoisotopic (exact) mass is 318 g/mol. The Hall–Kier alpha value is -0.780. The van der Waals surface area contributed by atoms with E-state index in [-0.39, 0.29) is 5.78 Å². The third-order valence-electron chi connectivity index (χ3n) is 2.30. The van der Waals surface area contributed by atoms with Gasteiger partial charge in [0.15, 0.2) is 5.78 Å². The summed E-state index contributed by atoms with van der Waals surface area (Å²) in [5.41, 5.74) is 0.436. The van der Waals surface area contributed by atoms with E-state index in [1.807, 2.05) is 0 Å². The molecule has 0 aromatic heterocycles. The molecule has 6 heteroatoms. The van der Waals surface area contributed by atoms with Gasteiger partial charge in [0.2, 0.25) is 0 Å². The quantitative estimate of drug-likeness (QED) is 0.572. The van der Waals surface area contributed by atoms with Gasteiger partial charge in [0.05, 0.1) is 5.02 Å². The highest BCUT2D eigenvalue weighted by atomic mass is 35.5. The number of carbonyl (C=O) groups is 1. The normalized spacial score (nSPS) is 13.6. The zero-order valence-electron chi connectivity index (χ0n) is 10.7. The topological polar surface area (TPSA) is 43.4 Å². The van der Waals surface area contributed by atoms with Gasteiger partial charge in [-0.05, 0) is 24.5 Å². The Morgan fingerprint density at radius 2 is 2.32 bits per heavy atom. The maximum Gasteiger partial charge on any atom is 0.188 e. The number of benzene rings is 1. The highest BCUT2D eigenvalue weighted by Gasteiger charge is 2.23. The summed E-state index contributed by atoms with van der Waals surface area (Å²) in [5.74, 6) is 0.307. The highest BCUT2D eigenvalue weighted by Crippen LogP contribution is 2.27. The zero-order valence-corrected chi connectivity index (χ0v) is 13.1. The minimum absolute atomic E-state index is 0.189. The van der Waals surface area contributed by atoms with E-state index in [1.165, 1.54) is 18.0 Å². The van der Waals surface area contributed by atoms with Crippen molar-refractivity contribution in [3.05, 3.63) is 41.4 Å².